The number of aromatic nitrogens is 1. The van der Waals surface area contributed by atoms with Crippen LogP contribution in [0.3, 0.4) is 0 Å². The minimum absolute atomic E-state index is 0.624. The van der Waals surface area contributed by atoms with Gasteiger partial charge in [0.2, 0.25) is 5.88 Å². The number of rotatable bonds is 5. The van der Waals surface area contributed by atoms with Gasteiger partial charge in [-0.3, -0.25) is 0 Å². The van der Waals surface area contributed by atoms with E-state index in [2.05, 4.69) is 16.4 Å². The molecule has 19 heavy (non-hydrogen) atoms. The monoisotopic (exact) mass is 276 g/mol. The first-order valence-corrected chi connectivity index (χ1v) is 6.64. The molecule has 0 atom stereocenters. The Morgan fingerprint density at radius 3 is 2.74 bits per heavy atom. The molecule has 0 spiro atoms. The summed E-state index contributed by atoms with van der Waals surface area (Å²) in [5.41, 5.74) is 3.18. The van der Waals surface area contributed by atoms with Crippen LogP contribution >= 0.6 is 11.6 Å². The summed E-state index contributed by atoms with van der Waals surface area (Å²) in [6.45, 7) is 5.26. The Labute approximate surface area is 118 Å². The highest BCUT2D eigenvalue weighted by atomic mass is 35.5. The summed E-state index contributed by atoms with van der Waals surface area (Å²) in [5, 5.41) is 4.07. The lowest BCUT2D eigenvalue weighted by molar-refractivity contribution is 0.327. The number of hydrogen-bond acceptors (Lipinski definition) is 3. The van der Waals surface area contributed by atoms with Crippen molar-refractivity contribution < 1.29 is 4.74 Å². The number of anilines is 1. The highest BCUT2D eigenvalue weighted by Gasteiger charge is 2.01. The molecule has 1 aromatic carbocycles. The highest BCUT2D eigenvalue weighted by molar-refractivity contribution is 6.31. The van der Waals surface area contributed by atoms with Crippen LogP contribution in [0.5, 0.6) is 5.88 Å². The van der Waals surface area contributed by atoms with Crippen molar-refractivity contribution in [3.8, 4) is 5.88 Å². The predicted octanol–water partition coefficient (Wildman–Crippen LogP) is 4.05. The molecule has 2 rings (SSSR count). The molecule has 3 nitrogen and oxygen atoms in total. The van der Waals surface area contributed by atoms with Gasteiger partial charge >= 0.3 is 0 Å². The van der Waals surface area contributed by atoms with Crippen LogP contribution in [0, 0.1) is 6.92 Å². The number of nitrogens with one attached hydrogen (secondary N) is 1. The van der Waals surface area contributed by atoms with Crippen molar-refractivity contribution in [3.05, 3.63) is 52.7 Å². The Morgan fingerprint density at radius 1 is 1.26 bits per heavy atom. The summed E-state index contributed by atoms with van der Waals surface area (Å²) < 4.78 is 5.30. The molecule has 2 aromatic rings. The van der Waals surface area contributed by atoms with Gasteiger partial charge in [-0.15, -0.1) is 0 Å². The van der Waals surface area contributed by atoms with E-state index in [1.165, 1.54) is 0 Å². The number of ether oxygens (including phenoxy) is 1. The average Bonchev–Trinajstić information content (AvgIpc) is 2.40. The molecule has 0 radical (unpaired) electrons. The van der Waals surface area contributed by atoms with Crippen LogP contribution in [0.25, 0.3) is 0 Å². The third kappa shape index (κ3) is 3.86. The van der Waals surface area contributed by atoms with E-state index < -0.39 is 0 Å². The lowest BCUT2D eigenvalue weighted by atomic mass is 10.1. The van der Waals surface area contributed by atoms with Gasteiger partial charge in [0.1, 0.15) is 0 Å². The van der Waals surface area contributed by atoms with E-state index in [4.69, 9.17) is 16.3 Å². The Morgan fingerprint density at radius 2 is 2.11 bits per heavy atom. The molecule has 0 aliphatic rings. The van der Waals surface area contributed by atoms with Crippen molar-refractivity contribution in [1.29, 1.82) is 0 Å². The molecule has 4 heteroatoms. The summed E-state index contributed by atoms with van der Waals surface area (Å²) in [6.07, 6.45) is 1.76. The summed E-state index contributed by atoms with van der Waals surface area (Å²) in [7, 11) is 0. The van der Waals surface area contributed by atoms with E-state index in [0.29, 0.717) is 19.0 Å². The van der Waals surface area contributed by atoms with Crippen LogP contribution < -0.4 is 10.1 Å². The van der Waals surface area contributed by atoms with Gasteiger partial charge in [-0.25, -0.2) is 4.98 Å². The molecule has 0 bridgehead atoms. The fraction of sp³-hybridized carbons (Fsp3) is 0.267. The van der Waals surface area contributed by atoms with Gasteiger partial charge in [-0.05, 0) is 37.1 Å². The van der Waals surface area contributed by atoms with E-state index in [1.54, 1.807) is 6.20 Å². The van der Waals surface area contributed by atoms with Crippen molar-refractivity contribution >= 4 is 17.3 Å². The first kappa shape index (κ1) is 13.7. The summed E-state index contributed by atoms with van der Waals surface area (Å²) >= 11 is 6.19. The van der Waals surface area contributed by atoms with Gasteiger partial charge in [0.15, 0.2) is 0 Å². The summed E-state index contributed by atoms with van der Waals surface area (Å²) in [6, 6.07) is 9.85. The van der Waals surface area contributed by atoms with Gasteiger partial charge < -0.3 is 10.1 Å². The normalized spacial score (nSPS) is 10.3. The molecule has 1 N–H and O–H groups in total. The minimum Gasteiger partial charge on any atom is -0.478 e. The highest BCUT2D eigenvalue weighted by Crippen LogP contribution is 2.19. The fourth-order valence-corrected chi connectivity index (χ4v) is 2.01. The quantitative estimate of drug-likeness (QED) is 0.894. The van der Waals surface area contributed by atoms with E-state index >= 15 is 0 Å². The molecule has 0 aliphatic carbocycles. The van der Waals surface area contributed by atoms with Crippen LogP contribution in [0.2, 0.25) is 5.02 Å². The first-order chi connectivity index (χ1) is 9.19. The molecule has 0 unspecified atom stereocenters. The maximum atomic E-state index is 6.19. The lowest BCUT2D eigenvalue weighted by Crippen LogP contribution is -2.01. The smallest absolute Gasteiger partial charge is 0.213 e. The average molecular weight is 277 g/mol. The summed E-state index contributed by atoms with van der Waals surface area (Å²) in [4.78, 5) is 4.20. The van der Waals surface area contributed by atoms with Gasteiger partial charge in [0.05, 0.1) is 18.5 Å². The topological polar surface area (TPSA) is 34.1 Å². The van der Waals surface area contributed by atoms with Crippen molar-refractivity contribution in [3.63, 3.8) is 0 Å². The fourth-order valence-electron chi connectivity index (χ4n) is 1.71. The number of hydrogen-bond donors (Lipinski definition) is 1. The molecule has 0 fully saturated rings. The third-order valence-electron chi connectivity index (χ3n) is 2.72. The molecular weight excluding hydrogens is 260 g/mol. The van der Waals surface area contributed by atoms with E-state index in [1.807, 2.05) is 38.1 Å². The molecule has 0 saturated carbocycles. The van der Waals surface area contributed by atoms with Gasteiger partial charge in [-0.2, -0.15) is 0 Å². The molecular formula is C15H17ClN2O. The molecule has 0 amide bonds. The molecule has 0 aliphatic heterocycles. The van der Waals surface area contributed by atoms with Crippen molar-refractivity contribution in [2.24, 2.45) is 0 Å². The Kier molecular flexibility index (Phi) is 4.63. The number of halogens is 1. The minimum atomic E-state index is 0.624. The van der Waals surface area contributed by atoms with Crippen LogP contribution in [-0.4, -0.2) is 11.6 Å². The predicted molar refractivity (Wildman–Crippen MR) is 78.9 cm³/mol. The lowest BCUT2D eigenvalue weighted by Gasteiger charge is -2.09. The van der Waals surface area contributed by atoms with Crippen molar-refractivity contribution in [2.75, 3.05) is 11.9 Å². The molecule has 100 valence electrons. The van der Waals surface area contributed by atoms with Gasteiger partial charge in [-0.1, -0.05) is 23.7 Å². The Balaban J connectivity index is 1.98. The third-order valence-corrected chi connectivity index (χ3v) is 3.07. The zero-order chi connectivity index (χ0) is 13.7. The second-order valence-electron chi connectivity index (χ2n) is 4.27. The maximum absolute atomic E-state index is 6.19. The first-order valence-electron chi connectivity index (χ1n) is 6.27. The second-order valence-corrected chi connectivity index (χ2v) is 4.67. The Hall–Kier alpha value is -1.74. The van der Waals surface area contributed by atoms with Crippen molar-refractivity contribution in [2.45, 2.75) is 20.4 Å². The van der Waals surface area contributed by atoms with Crippen molar-refractivity contribution in [1.82, 2.24) is 4.98 Å². The number of aryl methyl sites for hydroxylation is 1. The maximum Gasteiger partial charge on any atom is 0.213 e. The summed E-state index contributed by atoms with van der Waals surface area (Å²) in [5.74, 6) is 0.640. The number of benzene rings is 1. The van der Waals surface area contributed by atoms with E-state index in [0.717, 1.165) is 21.8 Å². The van der Waals surface area contributed by atoms with E-state index in [-0.39, 0.29) is 0 Å². The zero-order valence-corrected chi connectivity index (χ0v) is 11.9. The zero-order valence-electron chi connectivity index (χ0n) is 11.1. The molecule has 1 aromatic heterocycles. The largest absolute Gasteiger partial charge is 0.478 e. The van der Waals surface area contributed by atoms with Crippen LogP contribution in [0.15, 0.2) is 36.5 Å². The standard InChI is InChI=1S/C15H17ClN2O/c1-3-19-15-7-6-13(10-18-15)17-9-12-5-4-11(2)8-14(12)16/h4-8,10,17H,3,9H2,1-2H3. The number of nitrogens with zero attached hydrogens (tertiary/aromatic N) is 1. The van der Waals surface area contributed by atoms with Crippen LogP contribution in [0.4, 0.5) is 5.69 Å². The second kappa shape index (κ2) is 6.43. The van der Waals surface area contributed by atoms with Crippen LogP contribution in [0.1, 0.15) is 18.1 Å². The van der Waals surface area contributed by atoms with Gasteiger partial charge in [0.25, 0.3) is 0 Å². The van der Waals surface area contributed by atoms with Crippen LogP contribution in [-0.2, 0) is 6.54 Å². The molecule has 1 heterocycles. The van der Waals surface area contributed by atoms with Gasteiger partial charge in [0, 0.05) is 17.6 Å². The SMILES string of the molecule is CCOc1ccc(NCc2ccc(C)cc2Cl)cn1. The van der Waals surface area contributed by atoms with E-state index in [9.17, 15) is 0 Å². The Bertz CT molecular complexity index is 540. The molecule has 0 saturated heterocycles. The number of pyridine rings is 1.